The van der Waals surface area contributed by atoms with Crippen LogP contribution in [0.2, 0.25) is 0 Å². The van der Waals surface area contributed by atoms with Crippen molar-refractivity contribution in [2.45, 2.75) is 52.0 Å². The first-order valence-electron chi connectivity index (χ1n) is 6.84. The Kier molecular flexibility index (Phi) is 5.88. The molecule has 0 amide bonds. The van der Waals surface area contributed by atoms with Gasteiger partial charge in [0.05, 0.1) is 0 Å². The number of aliphatic hydroxyl groups excluding tert-OH is 1. The van der Waals surface area contributed by atoms with Gasteiger partial charge in [-0.1, -0.05) is 19.0 Å². The van der Waals surface area contributed by atoms with Gasteiger partial charge in [0.25, 0.3) is 0 Å². The SMILES string of the molecule is CC(C)(CCN1CCCC1CCCO)C(N)=NO. The molecule has 0 radical (unpaired) electrons. The lowest BCUT2D eigenvalue weighted by molar-refractivity contribution is 0.200. The average molecular weight is 257 g/mol. The molecule has 0 saturated carbocycles. The summed E-state index contributed by atoms with van der Waals surface area (Å²) >= 11 is 0. The maximum atomic E-state index is 8.90. The predicted octanol–water partition coefficient (Wildman–Crippen LogP) is 1.39. The van der Waals surface area contributed by atoms with E-state index >= 15 is 0 Å². The van der Waals surface area contributed by atoms with Crippen molar-refractivity contribution in [2.75, 3.05) is 19.7 Å². The highest BCUT2D eigenvalue weighted by Gasteiger charge is 2.28. The molecule has 1 rings (SSSR count). The van der Waals surface area contributed by atoms with E-state index in [2.05, 4.69) is 10.1 Å². The zero-order chi connectivity index (χ0) is 13.6. The number of nitrogens with zero attached hydrogens (tertiary/aromatic N) is 2. The van der Waals surface area contributed by atoms with Gasteiger partial charge in [0.2, 0.25) is 0 Å². The number of hydrogen-bond donors (Lipinski definition) is 3. The van der Waals surface area contributed by atoms with Crippen LogP contribution >= 0.6 is 0 Å². The second kappa shape index (κ2) is 6.95. The van der Waals surface area contributed by atoms with Gasteiger partial charge in [0, 0.05) is 18.1 Å². The summed E-state index contributed by atoms with van der Waals surface area (Å²) in [6.07, 6.45) is 5.30. The molecular formula is C13H27N3O2. The maximum Gasteiger partial charge on any atom is 0.144 e. The topological polar surface area (TPSA) is 82.1 Å². The molecule has 0 spiro atoms. The van der Waals surface area contributed by atoms with Crippen molar-refractivity contribution in [3.63, 3.8) is 0 Å². The normalized spacial score (nSPS) is 22.6. The van der Waals surface area contributed by atoms with Gasteiger partial charge in [-0.05, 0) is 45.2 Å². The minimum absolute atomic E-state index is 0.265. The third kappa shape index (κ3) is 4.14. The molecule has 18 heavy (non-hydrogen) atoms. The maximum absolute atomic E-state index is 8.90. The van der Waals surface area contributed by atoms with Gasteiger partial charge in [0.15, 0.2) is 0 Å². The third-order valence-corrected chi connectivity index (χ3v) is 4.02. The van der Waals surface area contributed by atoms with Gasteiger partial charge in [0.1, 0.15) is 5.84 Å². The Labute approximate surface area is 110 Å². The van der Waals surface area contributed by atoms with Gasteiger partial charge >= 0.3 is 0 Å². The molecule has 0 aliphatic carbocycles. The van der Waals surface area contributed by atoms with Gasteiger partial charge in [-0.25, -0.2) is 0 Å². The molecule has 0 aromatic carbocycles. The average Bonchev–Trinajstić information content (AvgIpc) is 2.80. The number of hydrogen-bond acceptors (Lipinski definition) is 4. The molecule has 1 atom stereocenters. The van der Waals surface area contributed by atoms with Crippen LogP contribution in [0.15, 0.2) is 5.16 Å². The van der Waals surface area contributed by atoms with Crippen LogP contribution in [0.4, 0.5) is 0 Å². The van der Waals surface area contributed by atoms with Crippen molar-refractivity contribution in [2.24, 2.45) is 16.3 Å². The van der Waals surface area contributed by atoms with Crippen LogP contribution in [0.3, 0.4) is 0 Å². The van der Waals surface area contributed by atoms with Crippen LogP contribution in [-0.4, -0.2) is 46.8 Å². The van der Waals surface area contributed by atoms with Crippen LogP contribution in [0.1, 0.15) is 46.0 Å². The smallest absolute Gasteiger partial charge is 0.144 e. The van der Waals surface area contributed by atoms with Crippen LogP contribution in [-0.2, 0) is 0 Å². The van der Waals surface area contributed by atoms with E-state index < -0.39 is 0 Å². The molecule has 1 heterocycles. The monoisotopic (exact) mass is 257 g/mol. The number of likely N-dealkylation sites (tertiary alicyclic amines) is 1. The second-order valence-corrected chi connectivity index (χ2v) is 5.82. The van der Waals surface area contributed by atoms with E-state index in [0.717, 1.165) is 32.4 Å². The van der Waals surface area contributed by atoms with Crippen LogP contribution in [0.5, 0.6) is 0 Å². The fraction of sp³-hybridized carbons (Fsp3) is 0.923. The summed E-state index contributed by atoms with van der Waals surface area (Å²) in [5, 5.41) is 20.8. The summed E-state index contributed by atoms with van der Waals surface area (Å²) in [6, 6.07) is 0.597. The Morgan fingerprint density at radius 2 is 2.22 bits per heavy atom. The van der Waals surface area contributed by atoms with Gasteiger partial charge < -0.3 is 20.9 Å². The Morgan fingerprint density at radius 3 is 2.83 bits per heavy atom. The van der Waals surface area contributed by atoms with E-state index in [-0.39, 0.29) is 12.0 Å². The van der Waals surface area contributed by atoms with Crippen molar-refractivity contribution in [1.29, 1.82) is 0 Å². The standard InChI is InChI=1S/C13H27N3O2/c1-13(2,12(14)15-18)7-9-16-8-3-5-11(16)6-4-10-17/h11,17-18H,3-10H2,1-2H3,(H2,14,15). The quantitative estimate of drug-likeness (QED) is 0.278. The largest absolute Gasteiger partial charge is 0.409 e. The van der Waals surface area contributed by atoms with Crippen molar-refractivity contribution in [3.05, 3.63) is 0 Å². The Balaban J connectivity index is 2.42. The highest BCUT2D eigenvalue weighted by Crippen LogP contribution is 2.26. The lowest BCUT2D eigenvalue weighted by Gasteiger charge is -2.29. The van der Waals surface area contributed by atoms with E-state index in [1.807, 2.05) is 13.8 Å². The minimum atomic E-state index is -0.265. The van der Waals surface area contributed by atoms with Crippen LogP contribution in [0.25, 0.3) is 0 Å². The summed E-state index contributed by atoms with van der Waals surface area (Å²) < 4.78 is 0. The van der Waals surface area contributed by atoms with E-state index in [1.165, 1.54) is 12.8 Å². The molecule has 106 valence electrons. The summed E-state index contributed by atoms with van der Waals surface area (Å²) in [4.78, 5) is 2.47. The summed E-state index contributed by atoms with van der Waals surface area (Å²) in [6.45, 7) is 6.38. The van der Waals surface area contributed by atoms with E-state index in [0.29, 0.717) is 11.9 Å². The molecule has 0 aromatic rings. The number of nitrogens with two attached hydrogens (primary N) is 1. The van der Waals surface area contributed by atoms with Gasteiger partial charge in [-0.15, -0.1) is 0 Å². The first-order chi connectivity index (χ1) is 8.51. The van der Waals surface area contributed by atoms with E-state index in [1.54, 1.807) is 0 Å². The molecule has 1 saturated heterocycles. The Morgan fingerprint density at radius 1 is 1.50 bits per heavy atom. The zero-order valence-electron chi connectivity index (χ0n) is 11.6. The number of rotatable bonds is 7. The lowest BCUT2D eigenvalue weighted by Crippen LogP contribution is -2.38. The Bertz CT molecular complexity index is 279. The first kappa shape index (κ1) is 15.2. The molecule has 5 heteroatoms. The molecule has 1 aliphatic rings. The lowest BCUT2D eigenvalue weighted by atomic mass is 9.87. The number of aliphatic hydroxyl groups is 1. The second-order valence-electron chi connectivity index (χ2n) is 5.82. The molecule has 0 aromatic heterocycles. The molecule has 1 fully saturated rings. The minimum Gasteiger partial charge on any atom is -0.409 e. The number of amidine groups is 1. The number of oxime groups is 1. The third-order valence-electron chi connectivity index (χ3n) is 4.02. The van der Waals surface area contributed by atoms with Gasteiger partial charge in [-0.3, -0.25) is 0 Å². The molecule has 4 N–H and O–H groups in total. The van der Waals surface area contributed by atoms with Crippen molar-refractivity contribution < 1.29 is 10.3 Å². The highest BCUT2D eigenvalue weighted by molar-refractivity contribution is 5.85. The fourth-order valence-corrected chi connectivity index (χ4v) is 2.53. The Hall–Kier alpha value is -0.810. The van der Waals surface area contributed by atoms with Crippen LogP contribution < -0.4 is 5.73 Å². The zero-order valence-corrected chi connectivity index (χ0v) is 11.6. The van der Waals surface area contributed by atoms with Crippen molar-refractivity contribution >= 4 is 5.84 Å². The van der Waals surface area contributed by atoms with E-state index in [9.17, 15) is 0 Å². The fourth-order valence-electron chi connectivity index (χ4n) is 2.53. The van der Waals surface area contributed by atoms with Crippen LogP contribution in [0, 0.1) is 5.41 Å². The molecule has 0 bridgehead atoms. The summed E-state index contributed by atoms with van der Waals surface area (Å²) in [7, 11) is 0. The van der Waals surface area contributed by atoms with E-state index in [4.69, 9.17) is 16.0 Å². The summed E-state index contributed by atoms with van der Waals surface area (Å²) in [5.74, 6) is 0.300. The summed E-state index contributed by atoms with van der Waals surface area (Å²) in [5.41, 5.74) is 5.43. The van der Waals surface area contributed by atoms with Crippen molar-refractivity contribution in [1.82, 2.24) is 4.90 Å². The predicted molar refractivity (Wildman–Crippen MR) is 72.7 cm³/mol. The first-order valence-corrected chi connectivity index (χ1v) is 6.84. The molecular weight excluding hydrogens is 230 g/mol. The van der Waals surface area contributed by atoms with Crippen molar-refractivity contribution in [3.8, 4) is 0 Å². The molecule has 1 unspecified atom stereocenters. The highest BCUT2D eigenvalue weighted by atomic mass is 16.4. The van der Waals surface area contributed by atoms with Gasteiger partial charge in [-0.2, -0.15) is 0 Å². The molecule has 1 aliphatic heterocycles. The molecule has 5 nitrogen and oxygen atoms in total.